The first kappa shape index (κ1) is 24.1. The first-order valence-electron chi connectivity index (χ1n) is 12.2. The van der Waals surface area contributed by atoms with Crippen molar-refractivity contribution in [3.63, 3.8) is 0 Å². The smallest absolute Gasteiger partial charge is 0.410 e. The van der Waals surface area contributed by atoms with Crippen molar-refractivity contribution >= 4 is 18.2 Å². The van der Waals surface area contributed by atoms with Gasteiger partial charge in [-0.2, -0.15) is 0 Å². The summed E-state index contributed by atoms with van der Waals surface area (Å²) in [4.78, 5) is 43.0. The van der Waals surface area contributed by atoms with E-state index in [2.05, 4.69) is 27.9 Å². The predicted molar refractivity (Wildman–Crippen MR) is 127 cm³/mol. The fraction of sp³-hybridized carbons (Fsp3) is 0.625. The minimum atomic E-state index is -0.315. The summed E-state index contributed by atoms with van der Waals surface area (Å²) in [6.45, 7) is 4.36. The molecule has 34 heavy (non-hydrogen) atoms. The molecule has 4 rings (SSSR count). The van der Waals surface area contributed by atoms with Gasteiger partial charge in [0.2, 0.25) is 0 Å². The summed E-state index contributed by atoms with van der Waals surface area (Å²) in [5, 5.41) is 9.12. The Bertz CT molecular complexity index is 845. The highest BCUT2D eigenvalue weighted by Crippen LogP contribution is 2.15. The highest BCUT2D eigenvalue weighted by Gasteiger charge is 2.31. The quantitative estimate of drug-likeness (QED) is 0.603. The maximum atomic E-state index is 12.7. The maximum Gasteiger partial charge on any atom is 0.410 e. The summed E-state index contributed by atoms with van der Waals surface area (Å²) >= 11 is 0. The van der Waals surface area contributed by atoms with Crippen molar-refractivity contribution < 1.29 is 19.1 Å². The molecule has 2 atom stereocenters. The number of hydrogen-bond acceptors (Lipinski definition) is 5. The molecule has 3 heterocycles. The van der Waals surface area contributed by atoms with Gasteiger partial charge in [0.05, 0.1) is 0 Å². The Hall–Kier alpha value is -3.01. The van der Waals surface area contributed by atoms with Crippen molar-refractivity contribution in [1.29, 1.82) is 0 Å². The third-order valence-electron chi connectivity index (χ3n) is 6.82. The summed E-state index contributed by atoms with van der Waals surface area (Å²) in [6, 6.07) is 9.53. The summed E-state index contributed by atoms with van der Waals surface area (Å²) in [7, 11) is 2.05. The van der Waals surface area contributed by atoms with Crippen molar-refractivity contribution in [3.8, 4) is 0 Å². The van der Waals surface area contributed by atoms with Gasteiger partial charge in [-0.3, -0.25) is 0 Å². The van der Waals surface area contributed by atoms with Crippen LogP contribution in [0, 0.1) is 0 Å². The first-order chi connectivity index (χ1) is 16.5. The average molecular weight is 473 g/mol. The molecule has 0 aromatic heterocycles. The lowest BCUT2D eigenvalue weighted by Crippen LogP contribution is -2.51. The van der Waals surface area contributed by atoms with E-state index in [0.29, 0.717) is 39.0 Å². The third-order valence-corrected chi connectivity index (χ3v) is 6.82. The monoisotopic (exact) mass is 472 g/mol. The number of likely N-dealkylation sites (tertiary alicyclic amines) is 3. The van der Waals surface area contributed by atoms with Gasteiger partial charge < -0.3 is 35.4 Å². The number of piperidine rings is 1. The van der Waals surface area contributed by atoms with Gasteiger partial charge in [0, 0.05) is 50.8 Å². The number of nitrogens with zero attached hydrogens (tertiary/aromatic N) is 3. The van der Waals surface area contributed by atoms with E-state index in [-0.39, 0.29) is 42.9 Å². The van der Waals surface area contributed by atoms with Crippen molar-refractivity contribution in [1.82, 2.24) is 30.7 Å². The molecule has 0 aliphatic carbocycles. The van der Waals surface area contributed by atoms with E-state index >= 15 is 0 Å². The SMILES string of the molecule is CN1CC[C@@H](NC(=O)N[C@@H]2CCN(C(=O)NC3CCN(C(=O)OCc4ccccc4)CC3)C2)C1. The number of rotatable bonds is 5. The lowest BCUT2D eigenvalue weighted by molar-refractivity contribution is 0.0854. The van der Waals surface area contributed by atoms with E-state index in [1.807, 2.05) is 30.3 Å². The van der Waals surface area contributed by atoms with Crippen molar-refractivity contribution in [2.24, 2.45) is 0 Å². The fourth-order valence-corrected chi connectivity index (χ4v) is 4.81. The van der Waals surface area contributed by atoms with Gasteiger partial charge in [-0.25, -0.2) is 14.4 Å². The largest absolute Gasteiger partial charge is 0.445 e. The summed E-state index contributed by atoms with van der Waals surface area (Å²) in [5.41, 5.74) is 0.958. The second kappa shape index (κ2) is 11.4. The Balaban J connectivity index is 1.12. The van der Waals surface area contributed by atoms with Gasteiger partial charge in [-0.15, -0.1) is 0 Å². The van der Waals surface area contributed by atoms with Crippen LogP contribution in [0.3, 0.4) is 0 Å². The van der Waals surface area contributed by atoms with Crippen LogP contribution in [0.15, 0.2) is 30.3 Å². The van der Waals surface area contributed by atoms with Gasteiger partial charge >= 0.3 is 18.2 Å². The van der Waals surface area contributed by atoms with E-state index in [1.54, 1.807) is 9.80 Å². The zero-order valence-corrected chi connectivity index (χ0v) is 19.9. The number of hydrogen-bond donors (Lipinski definition) is 3. The number of nitrogens with one attached hydrogen (secondary N) is 3. The standard InChI is InChI=1S/C24H36N6O4/c1-28-11-7-20(15-28)25-22(31)26-21-10-14-30(16-21)23(32)27-19-8-12-29(13-9-19)24(33)34-17-18-5-3-2-4-6-18/h2-6,19-21H,7-17H2,1H3,(H,27,32)(H2,25,26,31)/t20-,21-/m1/s1. The molecule has 1 aromatic carbocycles. The molecule has 0 saturated carbocycles. The predicted octanol–water partition coefficient (Wildman–Crippen LogP) is 1.57. The Labute approximate surface area is 201 Å². The molecule has 3 fully saturated rings. The second-order valence-corrected chi connectivity index (χ2v) is 9.55. The lowest BCUT2D eigenvalue weighted by Gasteiger charge is -2.32. The van der Waals surface area contributed by atoms with Crippen LogP contribution in [0.2, 0.25) is 0 Å². The van der Waals surface area contributed by atoms with E-state index < -0.39 is 0 Å². The lowest BCUT2D eigenvalue weighted by atomic mass is 10.1. The summed E-state index contributed by atoms with van der Waals surface area (Å²) in [5.74, 6) is 0. The molecule has 3 N–H and O–H groups in total. The molecular weight excluding hydrogens is 436 g/mol. The number of carbonyl (C=O) groups is 3. The molecule has 0 radical (unpaired) electrons. The zero-order valence-electron chi connectivity index (χ0n) is 19.9. The second-order valence-electron chi connectivity index (χ2n) is 9.55. The van der Waals surface area contributed by atoms with Crippen LogP contribution >= 0.6 is 0 Å². The molecular formula is C24H36N6O4. The Kier molecular flexibility index (Phi) is 8.10. The van der Waals surface area contributed by atoms with Crippen LogP contribution in [0.4, 0.5) is 14.4 Å². The minimum absolute atomic E-state index is 0.0281. The van der Waals surface area contributed by atoms with Crippen molar-refractivity contribution in [2.45, 2.75) is 50.4 Å². The highest BCUT2D eigenvalue weighted by atomic mass is 16.6. The Morgan fingerprint density at radius 1 is 0.824 bits per heavy atom. The molecule has 5 amide bonds. The van der Waals surface area contributed by atoms with Crippen LogP contribution in [-0.4, -0.2) is 97.3 Å². The number of benzene rings is 1. The molecule has 1 aromatic rings. The van der Waals surface area contributed by atoms with E-state index in [4.69, 9.17) is 4.74 Å². The van der Waals surface area contributed by atoms with E-state index in [0.717, 1.165) is 31.5 Å². The van der Waals surface area contributed by atoms with Gasteiger partial charge in [0.25, 0.3) is 0 Å². The van der Waals surface area contributed by atoms with Gasteiger partial charge in [-0.1, -0.05) is 30.3 Å². The molecule has 3 saturated heterocycles. The van der Waals surface area contributed by atoms with Gasteiger partial charge in [0.15, 0.2) is 0 Å². The molecule has 0 bridgehead atoms. The fourth-order valence-electron chi connectivity index (χ4n) is 4.81. The van der Waals surface area contributed by atoms with Crippen molar-refractivity contribution in [2.75, 3.05) is 46.3 Å². The molecule has 0 unspecified atom stereocenters. The number of ether oxygens (including phenoxy) is 1. The Morgan fingerprint density at radius 3 is 2.12 bits per heavy atom. The molecule has 10 heteroatoms. The third kappa shape index (κ3) is 6.75. The average Bonchev–Trinajstić information content (AvgIpc) is 3.47. The molecule has 0 spiro atoms. The topological polar surface area (TPSA) is 106 Å². The van der Waals surface area contributed by atoms with Gasteiger partial charge in [0.1, 0.15) is 6.61 Å². The van der Waals surface area contributed by atoms with Crippen LogP contribution in [0.5, 0.6) is 0 Å². The van der Waals surface area contributed by atoms with Crippen LogP contribution < -0.4 is 16.0 Å². The van der Waals surface area contributed by atoms with Gasteiger partial charge in [-0.05, 0) is 44.8 Å². The normalized spacial score (nSPS) is 23.6. The Morgan fingerprint density at radius 2 is 1.44 bits per heavy atom. The van der Waals surface area contributed by atoms with E-state index in [9.17, 15) is 14.4 Å². The number of amides is 5. The molecule has 186 valence electrons. The number of urea groups is 2. The summed E-state index contributed by atoms with van der Waals surface area (Å²) < 4.78 is 5.40. The number of carbonyl (C=O) groups excluding carboxylic acids is 3. The maximum absolute atomic E-state index is 12.7. The zero-order chi connectivity index (χ0) is 23.9. The number of likely N-dealkylation sites (N-methyl/N-ethyl adjacent to an activating group) is 1. The first-order valence-corrected chi connectivity index (χ1v) is 12.2. The minimum Gasteiger partial charge on any atom is -0.445 e. The molecule has 3 aliphatic rings. The van der Waals surface area contributed by atoms with Crippen molar-refractivity contribution in [3.05, 3.63) is 35.9 Å². The highest BCUT2D eigenvalue weighted by molar-refractivity contribution is 5.76. The molecule has 10 nitrogen and oxygen atoms in total. The van der Waals surface area contributed by atoms with Crippen LogP contribution in [-0.2, 0) is 11.3 Å². The van der Waals surface area contributed by atoms with Crippen LogP contribution in [0.25, 0.3) is 0 Å². The summed E-state index contributed by atoms with van der Waals surface area (Å²) in [6.07, 6.45) is 2.79. The van der Waals surface area contributed by atoms with E-state index in [1.165, 1.54) is 0 Å². The molecule has 3 aliphatic heterocycles. The van der Waals surface area contributed by atoms with Crippen LogP contribution in [0.1, 0.15) is 31.2 Å².